The smallest absolute Gasteiger partial charge is 0.261 e. The van der Waals surface area contributed by atoms with E-state index in [1.54, 1.807) is 25.1 Å². The first-order valence-electron chi connectivity index (χ1n) is 9.23. The van der Waals surface area contributed by atoms with Gasteiger partial charge in [-0.3, -0.25) is 9.59 Å². The van der Waals surface area contributed by atoms with Gasteiger partial charge >= 0.3 is 0 Å². The topological polar surface area (TPSA) is 64.6 Å². The molecule has 0 radical (unpaired) electrons. The van der Waals surface area contributed by atoms with Crippen molar-refractivity contribution >= 4 is 11.7 Å². The van der Waals surface area contributed by atoms with Crippen molar-refractivity contribution in [3.05, 3.63) is 59.2 Å². The van der Waals surface area contributed by atoms with Gasteiger partial charge in [0, 0.05) is 5.56 Å². The minimum Gasteiger partial charge on any atom is -0.493 e. The highest BCUT2D eigenvalue weighted by Gasteiger charge is 2.25. The van der Waals surface area contributed by atoms with Gasteiger partial charge in [-0.25, -0.2) is 0 Å². The van der Waals surface area contributed by atoms with E-state index in [-0.39, 0.29) is 17.7 Å². The van der Waals surface area contributed by atoms with Crippen LogP contribution in [0.15, 0.2) is 42.5 Å². The zero-order chi connectivity index (χ0) is 19.4. The summed E-state index contributed by atoms with van der Waals surface area (Å²) in [7, 11) is 1.51. The Morgan fingerprint density at radius 2 is 1.93 bits per heavy atom. The summed E-state index contributed by atoms with van der Waals surface area (Å²) in [6.45, 7) is 3.20. The number of aryl methyl sites for hydroxylation is 1. The third-order valence-corrected chi connectivity index (χ3v) is 4.93. The summed E-state index contributed by atoms with van der Waals surface area (Å²) in [5.74, 6) is 0.649. The van der Waals surface area contributed by atoms with Gasteiger partial charge in [0.05, 0.1) is 13.2 Å². The first-order chi connectivity index (χ1) is 13.0. The Morgan fingerprint density at radius 1 is 1.15 bits per heavy atom. The number of carbonyl (C=O) groups is 2. The van der Waals surface area contributed by atoms with Crippen molar-refractivity contribution < 1.29 is 19.1 Å². The van der Waals surface area contributed by atoms with Crippen LogP contribution in [0.5, 0.6) is 11.5 Å². The van der Waals surface area contributed by atoms with Crippen LogP contribution in [-0.4, -0.2) is 24.9 Å². The van der Waals surface area contributed by atoms with E-state index >= 15 is 0 Å². The van der Waals surface area contributed by atoms with Gasteiger partial charge < -0.3 is 14.8 Å². The second-order valence-corrected chi connectivity index (χ2v) is 6.83. The summed E-state index contributed by atoms with van der Waals surface area (Å²) in [5.41, 5.74) is 3.02. The molecule has 2 aromatic carbocycles. The molecule has 0 spiro atoms. The van der Waals surface area contributed by atoms with Crippen LogP contribution in [0, 0.1) is 0 Å². The Kier molecular flexibility index (Phi) is 5.79. The van der Waals surface area contributed by atoms with E-state index in [0.717, 1.165) is 19.3 Å². The predicted octanol–water partition coefficient (Wildman–Crippen LogP) is 3.86. The Bertz CT molecular complexity index is 846. The Balaban J connectivity index is 1.69. The molecule has 0 saturated carbocycles. The van der Waals surface area contributed by atoms with Crippen LogP contribution >= 0.6 is 0 Å². The fourth-order valence-electron chi connectivity index (χ4n) is 3.42. The number of methoxy groups -OCH3 is 1. The molecule has 0 saturated heterocycles. The molecule has 5 nitrogen and oxygen atoms in total. The normalized spacial score (nSPS) is 16.8. The van der Waals surface area contributed by atoms with E-state index in [1.807, 2.05) is 12.1 Å². The lowest BCUT2D eigenvalue weighted by molar-refractivity contribution is -0.128. The zero-order valence-corrected chi connectivity index (χ0v) is 16.0. The highest BCUT2D eigenvalue weighted by atomic mass is 16.5. The minimum atomic E-state index is -0.684. The molecule has 0 unspecified atom stereocenters. The van der Waals surface area contributed by atoms with Crippen molar-refractivity contribution in [3.8, 4) is 11.5 Å². The highest BCUT2D eigenvalue weighted by molar-refractivity contribution is 5.94. The van der Waals surface area contributed by atoms with Gasteiger partial charge in [0.15, 0.2) is 23.4 Å². The number of benzene rings is 2. The van der Waals surface area contributed by atoms with Gasteiger partial charge in [0.2, 0.25) is 0 Å². The van der Waals surface area contributed by atoms with E-state index in [4.69, 9.17) is 9.47 Å². The van der Waals surface area contributed by atoms with E-state index in [2.05, 4.69) is 17.4 Å². The van der Waals surface area contributed by atoms with Crippen LogP contribution in [0.1, 0.15) is 54.2 Å². The average Bonchev–Trinajstić information content (AvgIpc) is 2.68. The second-order valence-electron chi connectivity index (χ2n) is 6.83. The maximum absolute atomic E-state index is 12.7. The largest absolute Gasteiger partial charge is 0.493 e. The molecule has 5 heteroatoms. The molecule has 0 fully saturated rings. The molecule has 2 aromatic rings. The fourth-order valence-corrected chi connectivity index (χ4v) is 3.42. The van der Waals surface area contributed by atoms with Crippen molar-refractivity contribution in [3.63, 3.8) is 0 Å². The number of ketones is 1. The zero-order valence-electron chi connectivity index (χ0n) is 16.0. The second kappa shape index (κ2) is 8.25. The van der Waals surface area contributed by atoms with Crippen LogP contribution in [-0.2, 0) is 11.2 Å². The molecule has 27 heavy (non-hydrogen) atoms. The van der Waals surface area contributed by atoms with Crippen molar-refractivity contribution in [1.82, 2.24) is 5.32 Å². The predicted molar refractivity (Wildman–Crippen MR) is 103 cm³/mol. The molecule has 1 amide bonds. The summed E-state index contributed by atoms with van der Waals surface area (Å²) < 4.78 is 11.1. The molecule has 142 valence electrons. The molecular formula is C22H25NO4. The SMILES string of the molecule is COc1cc(C(C)=O)ccc1O[C@H](C)C(=O)N[C@@H]1CCCc2ccccc21. The Hall–Kier alpha value is -2.82. The molecule has 0 aliphatic heterocycles. The number of rotatable bonds is 6. The third-order valence-electron chi connectivity index (χ3n) is 4.93. The van der Waals surface area contributed by atoms with Crippen LogP contribution < -0.4 is 14.8 Å². The third kappa shape index (κ3) is 4.30. The molecule has 0 aromatic heterocycles. The number of carbonyl (C=O) groups excluding carboxylic acids is 2. The van der Waals surface area contributed by atoms with E-state index < -0.39 is 6.10 Å². The minimum absolute atomic E-state index is 0.00971. The van der Waals surface area contributed by atoms with E-state index in [0.29, 0.717) is 17.1 Å². The standard InChI is InChI=1S/C22H25NO4/c1-14(24)17-11-12-20(21(13-17)26-3)27-15(2)22(25)23-19-10-6-8-16-7-4-5-9-18(16)19/h4-5,7,9,11-13,15,19H,6,8,10H2,1-3H3,(H,23,25)/t15-,19-/m1/s1. The van der Waals surface area contributed by atoms with Gasteiger partial charge in [-0.05, 0) is 62.4 Å². The van der Waals surface area contributed by atoms with Crippen LogP contribution in [0.3, 0.4) is 0 Å². The molecule has 0 bridgehead atoms. The maximum Gasteiger partial charge on any atom is 0.261 e. The highest BCUT2D eigenvalue weighted by Crippen LogP contribution is 2.31. The lowest BCUT2D eigenvalue weighted by Gasteiger charge is -2.27. The number of nitrogens with one attached hydrogen (secondary N) is 1. The van der Waals surface area contributed by atoms with Crippen molar-refractivity contribution in [2.45, 2.75) is 45.3 Å². The molecular weight excluding hydrogens is 342 g/mol. The first kappa shape index (κ1) is 19.0. The molecule has 3 rings (SSSR count). The van der Waals surface area contributed by atoms with Crippen LogP contribution in [0.4, 0.5) is 0 Å². The molecule has 2 atom stereocenters. The summed E-state index contributed by atoms with van der Waals surface area (Å²) in [6, 6.07) is 13.2. The summed E-state index contributed by atoms with van der Waals surface area (Å²) in [4.78, 5) is 24.2. The summed E-state index contributed by atoms with van der Waals surface area (Å²) in [6.07, 6.45) is 2.34. The van der Waals surface area contributed by atoms with Crippen molar-refractivity contribution in [2.24, 2.45) is 0 Å². The van der Waals surface area contributed by atoms with Crippen LogP contribution in [0.2, 0.25) is 0 Å². The van der Waals surface area contributed by atoms with Crippen molar-refractivity contribution in [2.75, 3.05) is 7.11 Å². The van der Waals surface area contributed by atoms with Gasteiger partial charge in [-0.15, -0.1) is 0 Å². The number of Topliss-reactive ketones (excluding diaryl/α,β-unsaturated/α-hetero) is 1. The fraction of sp³-hybridized carbons (Fsp3) is 0.364. The molecule has 1 N–H and O–H groups in total. The Morgan fingerprint density at radius 3 is 2.67 bits per heavy atom. The first-order valence-corrected chi connectivity index (χ1v) is 9.23. The van der Waals surface area contributed by atoms with Gasteiger partial charge in [-0.1, -0.05) is 24.3 Å². The number of hydrogen-bond donors (Lipinski definition) is 1. The summed E-state index contributed by atoms with van der Waals surface area (Å²) in [5, 5.41) is 3.10. The number of amides is 1. The maximum atomic E-state index is 12.7. The van der Waals surface area contributed by atoms with Gasteiger partial charge in [-0.2, -0.15) is 0 Å². The number of ether oxygens (including phenoxy) is 2. The number of fused-ring (bicyclic) bond motifs is 1. The number of hydrogen-bond acceptors (Lipinski definition) is 4. The Labute approximate surface area is 159 Å². The molecule has 1 aliphatic rings. The van der Waals surface area contributed by atoms with Crippen LogP contribution in [0.25, 0.3) is 0 Å². The van der Waals surface area contributed by atoms with Gasteiger partial charge in [0.25, 0.3) is 5.91 Å². The molecule has 1 aliphatic carbocycles. The van der Waals surface area contributed by atoms with E-state index in [1.165, 1.54) is 25.2 Å². The monoisotopic (exact) mass is 367 g/mol. The lowest BCUT2D eigenvalue weighted by atomic mass is 9.87. The van der Waals surface area contributed by atoms with E-state index in [9.17, 15) is 9.59 Å². The quantitative estimate of drug-likeness (QED) is 0.788. The molecule has 0 heterocycles. The van der Waals surface area contributed by atoms with Crippen molar-refractivity contribution in [1.29, 1.82) is 0 Å². The average molecular weight is 367 g/mol. The lowest BCUT2D eigenvalue weighted by Crippen LogP contribution is -2.39. The van der Waals surface area contributed by atoms with Gasteiger partial charge in [0.1, 0.15) is 0 Å². The summed E-state index contributed by atoms with van der Waals surface area (Å²) >= 11 is 0.